The second kappa shape index (κ2) is 9.79. The van der Waals surface area contributed by atoms with E-state index in [0.29, 0.717) is 0 Å². The first-order chi connectivity index (χ1) is 11.4. The summed E-state index contributed by atoms with van der Waals surface area (Å²) in [7, 11) is -2.38. The fourth-order valence-corrected chi connectivity index (χ4v) is 8.19. The second-order valence-corrected chi connectivity index (χ2v) is 11.8. The molecule has 0 aliphatic heterocycles. The smallest absolute Gasteiger partial charge is 0.405 e. The predicted molar refractivity (Wildman–Crippen MR) is 107 cm³/mol. The van der Waals surface area contributed by atoms with Gasteiger partial charge in [0.1, 0.15) is 0 Å². The summed E-state index contributed by atoms with van der Waals surface area (Å²) in [6.45, 7) is 11.3. The number of rotatable bonds is 7. The molecule has 2 rings (SSSR count). The van der Waals surface area contributed by atoms with Gasteiger partial charge in [0.15, 0.2) is 0 Å². The van der Waals surface area contributed by atoms with E-state index >= 15 is 0 Å². The van der Waals surface area contributed by atoms with Gasteiger partial charge in [-0.15, -0.1) is 0 Å². The van der Waals surface area contributed by atoms with Crippen LogP contribution in [-0.4, -0.2) is 14.4 Å². The fraction of sp³-hybridized carbons (Fsp3) is 0.409. The number of unbranched alkanes of at least 4 members (excludes halogenated alkanes) is 1. The average Bonchev–Trinajstić information content (AvgIpc) is 2.58. The summed E-state index contributed by atoms with van der Waals surface area (Å²) >= 11 is 0. The summed E-state index contributed by atoms with van der Waals surface area (Å²) in [6, 6.07) is 21.7. The molecular weight excluding hydrogens is 315 g/mol. The van der Waals surface area contributed by atoms with Crippen molar-refractivity contribution in [2.75, 3.05) is 0 Å². The van der Waals surface area contributed by atoms with Crippen molar-refractivity contribution >= 4 is 18.7 Å². The van der Waals surface area contributed by atoms with Gasteiger partial charge in [0, 0.05) is 6.10 Å². The first-order valence-electron chi connectivity index (χ1n) is 8.98. The molecular formula is C22H31LiOSi. The summed E-state index contributed by atoms with van der Waals surface area (Å²) in [5, 5.41) is 2.77. The molecule has 2 aromatic carbocycles. The minimum atomic E-state index is -2.38. The predicted octanol–water partition coefficient (Wildman–Crippen LogP) is 1.96. The Morgan fingerprint density at radius 1 is 0.920 bits per heavy atom. The van der Waals surface area contributed by atoms with Gasteiger partial charge in [-0.3, -0.25) is 0 Å². The van der Waals surface area contributed by atoms with Crippen molar-refractivity contribution in [1.82, 2.24) is 0 Å². The molecule has 0 aliphatic rings. The molecule has 0 aliphatic carbocycles. The Hall–Kier alpha value is -0.786. The van der Waals surface area contributed by atoms with Crippen molar-refractivity contribution in [3.63, 3.8) is 0 Å². The first kappa shape index (κ1) is 22.3. The Morgan fingerprint density at radius 3 is 1.72 bits per heavy atom. The molecule has 130 valence electrons. The summed E-state index contributed by atoms with van der Waals surface area (Å²) in [6.07, 6.45) is 4.64. The quantitative estimate of drug-likeness (QED) is 0.550. The molecule has 0 unspecified atom stereocenters. The van der Waals surface area contributed by atoms with Crippen molar-refractivity contribution in [2.45, 2.75) is 58.6 Å². The van der Waals surface area contributed by atoms with Crippen molar-refractivity contribution in [3.8, 4) is 0 Å². The Morgan fingerprint density at radius 2 is 1.36 bits per heavy atom. The van der Waals surface area contributed by atoms with E-state index in [-0.39, 0.29) is 30.0 Å². The molecule has 0 fully saturated rings. The van der Waals surface area contributed by atoms with Gasteiger partial charge < -0.3 is 10.8 Å². The standard InChI is InChI=1S/C22H31OSi.Li/c1-6-7-14-19(2)23-24(22(3,4)5,20-15-10-8-11-16-20)21-17-12-9-13-18-21;/h6,8-13,15-19H,7,14H2,1-5H3;/q-1;+1/t19-;/m1./s1. The van der Waals surface area contributed by atoms with Crippen molar-refractivity contribution in [3.05, 3.63) is 67.1 Å². The Labute approximate surface area is 167 Å². The summed E-state index contributed by atoms with van der Waals surface area (Å²) in [5.41, 5.74) is 0. The molecule has 1 atom stereocenters. The van der Waals surface area contributed by atoms with Crippen LogP contribution in [0, 0.1) is 6.42 Å². The van der Waals surface area contributed by atoms with Crippen LogP contribution < -0.4 is 29.2 Å². The maximum atomic E-state index is 7.00. The van der Waals surface area contributed by atoms with Gasteiger partial charge in [-0.1, -0.05) is 87.9 Å². The van der Waals surface area contributed by atoms with Crippen LogP contribution in [0.3, 0.4) is 0 Å². The second-order valence-electron chi connectivity index (χ2n) is 7.58. The van der Waals surface area contributed by atoms with E-state index in [1.807, 2.05) is 0 Å². The molecule has 0 bridgehead atoms. The summed E-state index contributed by atoms with van der Waals surface area (Å²) in [4.78, 5) is 0. The number of hydrogen-bond donors (Lipinski definition) is 0. The first-order valence-corrected chi connectivity index (χ1v) is 10.9. The van der Waals surface area contributed by atoms with Crippen LogP contribution in [-0.2, 0) is 4.43 Å². The average molecular weight is 347 g/mol. The van der Waals surface area contributed by atoms with E-state index in [1.54, 1.807) is 0 Å². The van der Waals surface area contributed by atoms with Gasteiger partial charge in [-0.2, -0.15) is 13.3 Å². The maximum absolute atomic E-state index is 7.00. The fourth-order valence-electron chi connectivity index (χ4n) is 3.45. The largest absolute Gasteiger partial charge is 1.00 e. The van der Waals surface area contributed by atoms with Gasteiger partial charge in [0.05, 0.1) is 0 Å². The molecule has 1 nitrogen and oxygen atoms in total. The minimum Gasteiger partial charge on any atom is -0.405 e. The molecule has 0 aromatic heterocycles. The maximum Gasteiger partial charge on any atom is 1.00 e. The Balaban J connectivity index is 0.00000312. The van der Waals surface area contributed by atoms with Crippen molar-refractivity contribution in [2.24, 2.45) is 0 Å². The monoisotopic (exact) mass is 346 g/mol. The van der Waals surface area contributed by atoms with Gasteiger partial charge in [-0.25, -0.2) is 0 Å². The normalized spacial score (nSPS) is 13.2. The van der Waals surface area contributed by atoms with E-state index in [1.165, 1.54) is 10.4 Å². The van der Waals surface area contributed by atoms with Gasteiger partial charge in [0.2, 0.25) is 0 Å². The van der Waals surface area contributed by atoms with E-state index < -0.39 is 8.32 Å². The zero-order chi connectivity index (χ0) is 17.6. The molecule has 0 saturated carbocycles. The third-order valence-electron chi connectivity index (χ3n) is 4.66. The van der Waals surface area contributed by atoms with Crippen LogP contribution >= 0.6 is 0 Å². The minimum absolute atomic E-state index is 0. The molecule has 0 radical (unpaired) electrons. The number of benzene rings is 2. The van der Waals surface area contributed by atoms with Crippen LogP contribution in [0.1, 0.15) is 47.5 Å². The SMILES string of the molecule is C[CH-]CC[C@@H](C)O[Si](c1ccccc1)(c1ccccc1)C(C)(C)C.[Li+]. The van der Waals surface area contributed by atoms with E-state index in [9.17, 15) is 0 Å². The third kappa shape index (κ3) is 5.11. The van der Waals surface area contributed by atoms with Gasteiger partial charge >= 0.3 is 18.9 Å². The molecule has 0 spiro atoms. The zero-order valence-corrected chi connectivity index (χ0v) is 17.8. The van der Waals surface area contributed by atoms with Crippen LogP contribution in [0.2, 0.25) is 5.04 Å². The molecule has 0 heterocycles. The molecule has 0 N–H and O–H groups in total. The summed E-state index contributed by atoms with van der Waals surface area (Å²) in [5.74, 6) is 0. The molecule has 3 heteroatoms. The number of hydrogen-bond acceptors (Lipinski definition) is 1. The van der Waals surface area contributed by atoms with Crippen molar-refractivity contribution < 1.29 is 23.3 Å². The van der Waals surface area contributed by atoms with Crippen LogP contribution in [0.15, 0.2) is 60.7 Å². The van der Waals surface area contributed by atoms with E-state index in [2.05, 4.69) is 102 Å². The van der Waals surface area contributed by atoms with Gasteiger partial charge in [0.25, 0.3) is 8.32 Å². The van der Waals surface area contributed by atoms with Crippen LogP contribution in [0.4, 0.5) is 0 Å². The van der Waals surface area contributed by atoms with Gasteiger partial charge in [-0.05, 0) is 22.3 Å². The van der Waals surface area contributed by atoms with Crippen LogP contribution in [0.25, 0.3) is 0 Å². The Kier molecular flexibility index (Phi) is 8.71. The molecule has 0 amide bonds. The Bertz CT molecular complexity index is 567. The zero-order valence-electron chi connectivity index (χ0n) is 16.8. The topological polar surface area (TPSA) is 9.23 Å². The molecule has 2 aromatic rings. The molecule has 0 saturated heterocycles. The third-order valence-corrected chi connectivity index (χ3v) is 9.82. The van der Waals surface area contributed by atoms with Crippen LogP contribution in [0.5, 0.6) is 0 Å². The molecule has 25 heavy (non-hydrogen) atoms. The van der Waals surface area contributed by atoms with Crippen molar-refractivity contribution in [1.29, 1.82) is 0 Å². The van der Waals surface area contributed by atoms with E-state index in [0.717, 1.165) is 12.8 Å². The van der Waals surface area contributed by atoms with E-state index in [4.69, 9.17) is 4.43 Å². The summed E-state index contributed by atoms with van der Waals surface area (Å²) < 4.78 is 7.00.